The maximum atomic E-state index is 12.6. The molecule has 5 rings (SSSR count). The number of fused-ring (bicyclic) bond motifs is 1. The second-order valence-electron chi connectivity index (χ2n) is 6.72. The van der Waals surface area contributed by atoms with Crippen LogP contribution in [0, 0.1) is 0 Å². The van der Waals surface area contributed by atoms with Gasteiger partial charge in [-0.05, 0) is 42.5 Å². The van der Waals surface area contributed by atoms with Crippen LogP contribution in [0.15, 0.2) is 70.7 Å². The highest BCUT2D eigenvalue weighted by atomic mass is 16.3. The molecule has 146 valence electrons. The van der Waals surface area contributed by atoms with Crippen molar-refractivity contribution in [3.8, 4) is 11.3 Å². The lowest BCUT2D eigenvalue weighted by molar-refractivity contribution is -0.117. The van der Waals surface area contributed by atoms with Crippen molar-refractivity contribution in [1.82, 2.24) is 10.7 Å². The van der Waals surface area contributed by atoms with Crippen LogP contribution >= 0.6 is 0 Å². The van der Waals surface area contributed by atoms with Gasteiger partial charge in [0.15, 0.2) is 0 Å². The van der Waals surface area contributed by atoms with E-state index in [2.05, 4.69) is 10.7 Å². The van der Waals surface area contributed by atoms with Gasteiger partial charge < -0.3 is 4.42 Å². The van der Waals surface area contributed by atoms with Crippen LogP contribution in [0.25, 0.3) is 17.4 Å². The molecule has 0 radical (unpaired) electrons. The molecule has 2 aromatic carbocycles. The van der Waals surface area contributed by atoms with Crippen molar-refractivity contribution in [3.63, 3.8) is 0 Å². The monoisotopic (exact) mass is 399 g/mol. The molecule has 0 bridgehead atoms. The van der Waals surface area contributed by atoms with Crippen LogP contribution in [0.5, 0.6) is 0 Å². The molecule has 2 N–H and O–H groups in total. The SMILES string of the molecule is O=C1NN(c2ccccc2)C(=O)/C1=C\c1ccc(-c2ccc3c(c2)C(=O)NC3=O)o1. The Labute approximate surface area is 169 Å². The third kappa shape index (κ3) is 2.78. The highest BCUT2D eigenvalue weighted by molar-refractivity contribution is 6.31. The van der Waals surface area contributed by atoms with Gasteiger partial charge in [-0.2, -0.15) is 0 Å². The normalized spacial score (nSPS) is 16.8. The van der Waals surface area contributed by atoms with Gasteiger partial charge in [0.05, 0.1) is 16.8 Å². The lowest BCUT2D eigenvalue weighted by Gasteiger charge is -2.13. The molecule has 2 aliphatic rings. The molecule has 0 unspecified atom stereocenters. The Morgan fingerprint density at radius 2 is 1.57 bits per heavy atom. The van der Waals surface area contributed by atoms with Gasteiger partial charge in [-0.25, -0.2) is 5.01 Å². The van der Waals surface area contributed by atoms with Crippen LogP contribution in [0.2, 0.25) is 0 Å². The summed E-state index contributed by atoms with van der Waals surface area (Å²) in [5.74, 6) is -1.17. The number of para-hydroxylation sites is 1. The Morgan fingerprint density at radius 1 is 0.800 bits per heavy atom. The highest BCUT2D eigenvalue weighted by Crippen LogP contribution is 2.28. The van der Waals surface area contributed by atoms with E-state index in [1.165, 1.54) is 11.1 Å². The molecular formula is C22H13N3O5. The summed E-state index contributed by atoms with van der Waals surface area (Å²) >= 11 is 0. The van der Waals surface area contributed by atoms with E-state index in [-0.39, 0.29) is 11.1 Å². The van der Waals surface area contributed by atoms with Gasteiger partial charge in [-0.15, -0.1) is 0 Å². The van der Waals surface area contributed by atoms with Gasteiger partial charge in [0.1, 0.15) is 17.1 Å². The summed E-state index contributed by atoms with van der Waals surface area (Å²) in [4.78, 5) is 48.5. The third-order valence-electron chi connectivity index (χ3n) is 4.84. The molecule has 3 heterocycles. The van der Waals surface area contributed by atoms with Crippen LogP contribution in [0.3, 0.4) is 0 Å². The second-order valence-corrected chi connectivity index (χ2v) is 6.72. The topological polar surface area (TPSA) is 109 Å². The van der Waals surface area contributed by atoms with Crippen molar-refractivity contribution >= 4 is 35.4 Å². The summed E-state index contributed by atoms with van der Waals surface area (Å²) in [6, 6.07) is 16.8. The molecule has 0 aliphatic carbocycles. The lowest BCUT2D eigenvalue weighted by atomic mass is 10.0. The Bertz CT molecular complexity index is 1270. The minimum absolute atomic E-state index is 0.0568. The molecule has 1 saturated heterocycles. The zero-order chi connectivity index (χ0) is 20.8. The molecule has 3 aromatic rings. The molecule has 0 atom stereocenters. The van der Waals surface area contributed by atoms with E-state index >= 15 is 0 Å². The number of furan rings is 1. The van der Waals surface area contributed by atoms with Crippen LogP contribution in [0.1, 0.15) is 26.5 Å². The van der Waals surface area contributed by atoms with E-state index in [1.54, 1.807) is 54.6 Å². The zero-order valence-electron chi connectivity index (χ0n) is 15.3. The molecule has 8 nitrogen and oxygen atoms in total. The van der Waals surface area contributed by atoms with Gasteiger partial charge in [0.2, 0.25) is 0 Å². The molecule has 4 amide bonds. The van der Waals surface area contributed by atoms with Gasteiger partial charge >= 0.3 is 0 Å². The summed E-state index contributed by atoms with van der Waals surface area (Å²) in [7, 11) is 0. The summed E-state index contributed by atoms with van der Waals surface area (Å²) in [6.07, 6.45) is 1.37. The Kier molecular flexibility index (Phi) is 3.85. The third-order valence-corrected chi connectivity index (χ3v) is 4.84. The van der Waals surface area contributed by atoms with E-state index in [0.29, 0.717) is 28.3 Å². The molecular weight excluding hydrogens is 386 g/mol. The summed E-state index contributed by atoms with van der Waals surface area (Å²) < 4.78 is 5.75. The zero-order valence-corrected chi connectivity index (χ0v) is 15.3. The fourth-order valence-electron chi connectivity index (χ4n) is 3.37. The number of benzene rings is 2. The number of hydrogen-bond acceptors (Lipinski definition) is 5. The van der Waals surface area contributed by atoms with Gasteiger partial charge in [-0.1, -0.05) is 24.3 Å². The largest absolute Gasteiger partial charge is 0.457 e. The molecule has 0 spiro atoms. The van der Waals surface area contributed by atoms with Crippen LogP contribution in [0.4, 0.5) is 5.69 Å². The molecule has 1 fully saturated rings. The maximum absolute atomic E-state index is 12.6. The van der Waals surface area contributed by atoms with Crippen LogP contribution < -0.4 is 15.8 Å². The quantitative estimate of drug-likeness (QED) is 0.399. The van der Waals surface area contributed by atoms with E-state index in [4.69, 9.17) is 4.42 Å². The number of carbonyl (C=O) groups excluding carboxylic acids is 4. The van der Waals surface area contributed by atoms with E-state index in [1.807, 2.05) is 6.07 Å². The van der Waals surface area contributed by atoms with Crippen molar-refractivity contribution < 1.29 is 23.6 Å². The first-order chi connectivity index (χ1) is 14.5. The van der Waals surface area contributed by atoms with Crippen molar-refractivity contribution in [2.24, 2.45) is 0 Å². The number of hydrazine groups is 1. The van der Waals surface area contributed by atoms with Crippen molar-refractivity contribution in [3.05, 3.63) is 83.1 Å². The summed E-state index contributed by atoms with van der Waals surface area (Å²) in [5, 5.41) is 3.41. The summed E-state index contributed by atoms with van der Waals surface area (Å²) in [6.45, 7) is 0. The number of nitrogens with zero attached hydrogens (tertiary/aromatic N) is 1. The predicted octanol–water partition coefficient (Wildman–Crippen LogP) is 2.29. The number of anilines is 1. The van der Waals surface area contributed by atoms with Crippen molar-refractivity contribution in [2.75, 3.05) is 5.01 Å². The lowest BCUT2D eigenvalue weighted by Crippen LogP contribution is -2.35. The molecule has 0 saturated carbocycles. The Morgan fingerprint density at radius 3 is 2.37 bits per heavy atom. The Hall–Kier alpha value is -4.46. The fourth-order valence-corrected chi connectivity index (χ4v) is 3.37. The summed E-state index contributed by atoms with van der Waals surface area (Å²) in [5.41, 5.74) is 4.20. The smallest absolute Gasteiger partial charge is 0.282 e. The average molecular weight is 399 g/mol. The second kappa shape index (κ2) is 6.56. The van der Waals surface area contributed by atoms with Crippen molar-refractivity contribution in [1.29, 1.82) is 0 Å². The van der Waals surface area contributed by atoms with E-state index < -0.39 is 23.6 Å². The number of amides is 4. The number of carbonyl (C=O) groups is 4. The minimum Gasteiger partial charge on any atom is -0.457 e. The molecule has 2 aliphatic heterocycles. The average Bonchev–Trinajstić information content (AvgIpc) is 3.42. The highest BCUT2D eigenvalue weighted by Gasteiger charge is 2.34. The van der Waals surface area contributed by atoms with Crippen molar-refractivity contribution in [2.45, 2.75) is 0 Å². The molecule has 30 heavy (non-hydrogen) atoms. The standard InChI is InChI=1S/C22H13N3O5/c26-19-15-8-6-12(10-16(15)20(27)23-19)18-9-7-14(30-18)11-17-21(28)24-25(22(17)29)13-4-2-1-3-5-13/h1-11H,(H,24,28)(H,23,26,27)/b17-11-. The van der Waals surface area contributed by atoms with Gasteiger partial charge in [-0.3, -0.25) is 29.9 Å². The van der Waals surface area contributed by atoms with Crippen LogP contribution in [-0.2, 0) is 9.59 Å². The number of rotatable bonds is 3. The van der Waals surface area contributed by atoms with E-state index in [9.17, 15) is 19.2 Å². The van der Waals surface area contributed by atoms with Gasteiger partial charge in [0, 0.05) is 5.56 Å². The number of hydrogen-bond donors (Lipinski definition) is 2. The maximum Gasteiger partial charge on any atom is 0.282 e. The first-order valence-corrected chi connectivity index (χ1v) is 9.03. The van der Waals surface area contributed by atoms with Crippen LogP contribution in [-0.4, -0.2) is 23.6 Å². The first kappa shape index (κ1) is 17.6. The van der Waals surface area contributed by atoms with Gasteiger partial charge in [0.25, 0.3) is 23.6 Å². The predicted molar refractivity (Wildman–Crippen MR) is 106 cm³/mol. The molecule has 1 aromatic heterocycles. The number of nitrogens with one attached hydrogen (secondary N) is 2. The number of imide groups is 1. The minimum atomic E-state index is -0.533. The molecule has 8 heteroatoms. The first-order valence-electron chi connectivity index (χ1n) is 9.03. The van der Waals surface area contributed by atoms with E-state index in [0.717, 1.165) is 0 Å². The fraction of sp³-hybridized carbons (Fsp3) is 0. The Balaban J connectivity index is 1.44.